The van der Waals surface area contributed by atoms with Crippen molar-refractivity contribution in [2.75, 3.05) is 18.5 Å². The maximum absolute atomic E-state index is 11.6. The molecule has 4 nitrogen and oxygen atoms in total. The van der Waals surface area contributed by atoms with E-state index in [2.05, 4.69) is 10.6 Å². The zero-order valence-electron chi connectivity index (χ0n) is 11.6. The van der Waals surface area contributed by atoms with Crippen molar-refractivity contribution in [3.8, 4) is 5.75 Å². The number of anilines is 1. The molecule has 0 heterocycles. The highest BCUT2D eigenvalue weighted by Gasteiger charge is 2.06. The predicted molar refractivity (Wildman–Crippen MR) is 79.1 cm³/mol. The SMILES string of the molecule is CCCOc1ccc(NC(=O)NCC(C)C)cc1Cl. The topological polar surface area (TPSA) is 50.4 Å². The lowest BCUT2D eigenvalue weighted by Crippen LogP contribution is -2.31. The number of urea groups is 1. The minimum Gasteiger partial charge on any atom is -0.492 e. The van der Waals surface area contributed by atoms with Crippen molar-refractivity contribution in [1.29, 1.82) is 0 Å². The fourth-order valence-electron chi connectivity index (χ4n) is 1.38. The van der Waals surface area contributed by atoms with Crippen LogP contribution in [0.15, 0.2) is 18.2 Å². The minimum atomic E-state index is -0.230. The van der Waals surface area contributed by atoms with Crippen LogP contribution in [-0.4, -0.2) is 19.2 Å². The normalized spacial score (nSPS) is 10.4. The van der Waals surface area contributed by atoms with Gasteiger partial charge in [-0.3, -0.25) is 0 Å². The molecule has 0 atom stereocenters. The van der Waals surface area contributed by atoms with Crippen molar-refractivity contribution in [3.63, 3.8) is 0 Å². The molecule has 0 fully saturated rings. The van der Waals surface area contributed by atoms with Gasteiger partial charge < -0.3 is 15.4 Å². The number of amides is 2. The van der Waals surface area contributed by atoms with E-state index in [9.17, 15) is 4.79 Å². The fourth-order valence-corrected chi connectivity index (χ4v) is 1.61. The molecule has 0 saturated carbocycles. The number of carbonyl (C=O) groups is 1. The highest BCUT2D eigenvalue weighted by molar-refractivity contribution is 6.32. The van der Waals surface area contributed by atoms with Crippen LogP contribution in [0.25, 0.3) is 0 Å². The van der Waals surface area contributed by atoms with E-state index in [1.54, 1.807) is 18.2 Å². The van der Waals surface area contributed by atoms with Crippen molar-refractivity contribution in [3.05, 3.63) is 23.2 Å². The lowest BCUT2D eigenvalue weighted by molar-refractivity contribution is 0.251. The average molecular weight is 285 g/mol. The Bertz CT molecular complexity index is 422. The maximum Gasteiger partial charge on any atom is 0.319 e. The van der Waals surface area contributed by atoms with Gasteiger partial charge in [-0.1, -0.05) is 32.4 Å². The highest BCUT2D eigenvalue weighted by atomic mass is 35.5. The quantitative estimate of drug-likeness (QED) is 0.832. The molecule has 1 aromatic carbocycles. The largest absolute Gasteiger partial charge is 0.492 e. The molecule has 1 rings (SSSR count). The Morgan fingerprint density at radius 1 is 1.42 bits per heavy atom. The number of ether oxygens (including phenoxy) is 1. The van der Waals surface area contributed by atoms with Gasteiger partial charge >= 0.3 is 6.03 Å². The first-order valence-corrected chi connectivity index (χ1v) is 6.88. The van der Waals surface area contributed by atoms with Crippen LogP contribution in [0, 0.1) is 5.92 Å². The van der Waals surface area contributed by atoms with Gasteiger partial charge in [0, 0.05) is 12.2 Å². The van der Waals surface area contributed by atoms with Crippen LogP contribution in [0.5, 0.6) is 5.75 Å². The maximum atomic E-state index is 11.6. The smallest absolute Gasteiger partial charge is 0.319 e. The fraction of sp³-hybridized carbons (Fsp3) is 0.500. The molecule has 106 valence electrons. The van der Waals surface area contributed by atoms with Crippen LogP contribution in [0.2, 0.25) is 5.02 Å². The molecule has 0 spiro atoms. The number of hydrogen-bond acceptors (Lipinski definition) is 2. The third-order valence-electron chi connectivity index (χ3n) is 2.32. The zero-order chi connectivity index (χ0) is 14.3. The highest BCUT2D eigenvalue weighted by Crippen LogP contribution is 2.27. The minimum absolute atomic E-state index is 0.230. The Labute approximate surface area is 119 Å². The predicted octanol–water partition coefficient (Wildman–Crippen LogP) is 3.91. The molecular formula is C14H21ClN2O2. The molecule has 2 N–H and O–H groups in total. The third kappa shape index (κ3) is 5.83. The van der Waals surface area contributed by atoms with Crippen molar-refractivity contribution in [2.24, 2.45) is 5.92 Å². The molecule has 19 heavy (non-hydrogen) atoms. The van der Waals surface area contributed by atoms with Crippen LogP contribution >= 0.6 is 11.6 Å². The van der Waals surface area contributed by atoms with Gasteiger partial charge in [0.2, 0.25) is 0 Å². The lowest BCUT2D eigenvalue weighted by Gasteiger charge is -2.11. The summed E-state index contributed by atoms with van der Waals surface area (Å²) in [6.07, 6.45) is 0.925. The molecular weight excluding hydrogens is 264 g/mol. The summed E-state index contributed by atoms with van der Waals surface area (Å²) in [6, 6.07) is 4.98. The summed E-state index contributed by atoms with van der Waals surface area (Å²) in [5.74, 6) is 1.05. The molecule has 0 aromatic heterocycles. The van der Waals surface area contributed by atoms with E-state index in [4.69, 9.17) is 16.3 Å². The van der Waals surface area contributed by atoms with Gasteiger partial charge in [0.1, 0.15) is 5.75 Å². The van der Waals surface area contributed by atoms with Gasteiger partial charge in [-0.2, -0.15) is 0 Å². The molecule has 0 saturated heterocycles. The van der Waals surface area contributed by atoms with Gasteiger partial charge in [-0.15, -0.1) is 0 Å². The van der Waals surface area contributed by atoms with Crippen LogP contribution in [0.1, 0.15) is 27.2 Å². The average Bonchev–Trinajstić information content (AvgIpc) is 2.35. The van der Waals surface area contributed by atoms with Gasteiger partial charge in [0.05, 0.1) is 11.6 Å². The monoisotopic (exact) mass is 284 g/mol. The number of benzene rings is 1. The Kier molecular flexibility index (Phi) is 6.50. The van der Waals surface area contributed by atoms with Crippen LogP contribution in [0.4, 0.5) is 10.5 Å². The second kappa shape index (κ2) is 7.89. The second-order valence-electron chi connectivity index (χ2n) is 4.72. The molecule has 0 unspecified atom stereocenters. The Morgan fingerprint density at radius 2 is 2.16 bits per heavy atom. The van der Waals surface area contributed by atoms with Crippen LogP contribution in [0.3, 0.4) is 0 Å². The summed E-state index contributed by atoms with van der Waals surface area (Å²) >= 11 is 6.08. The molecule has 2 amide bonds. The van der Waals surface area contributed by atoms with E-state index >= 15 is 0 Å². The van der Waals surface area contributed by atoms with Crippen molar-refractivity contribution in [2.45, 2.75) is 27.2 Å². The van der Waals surface area contributed by atoms with E-state index in [1.165, 1.54) is 0 Å². The molecule has 0 radical (unpaired) electrons. The first-order chi connectivity index (χ1) is 9.02. The summed E-state index contributed by atoms with van der Waals surface area (Å²) in [7, 11) is 0. The first kappa shape index (κ1) is 15.6. The summed E-state index contributed by atoms with van der Waals surface area (Å²) in [6.45, 7) is 7.37. The van der Waals surface area contributed by atoms with Crippen molar-refractivity contribution in [1.82, 2.24) is 5.32 Å². The zero-order valence-corrected chi connectivity index (χ0v) is 12.4. The molecule has 1 aromatic rings. The second-order valence-corrected chi connectivity index (χ2v) is 5.13. The van der Waals surface area contributed by atoms with Crippen molar-refractivity contribution >= 4 is 23.3 Å². The summed E-state index contributed by atoms with van der Waals surface area (Å²) in [5, 5.41) is 6.00. The number of hydrogen-bond donors (Lipinski definition) is 2. The van der Waals surface area contributed by atoms with Crippen LogP contribution in [-0.2, 0) is 0 Å². The Balaban J connectivity index is 2.55. The van der Waals surface area contributed by atoms with Gasteiger partial charge in [0.15, 0.2) is 0 Å². The van der Waals surface area contributed by atoms with Crippen LogP contribution < -0.4 is 15.4 Å². The molecule has 0 bridgehead atoms. The number of nitrogens with one attached hydrogen (secondary N) is 2. The van der Waals surface area contributed by atoms with E-state index in [1.807, 2.05) is 20.8 Å². The molecule has 0 aliphatic carbocycles. The molecule has 0 aliphatic rings. The number of halogens is 1. The Morgan fingerprint density at radius 3 is 2.74 bits per heavy atom. The van der Waals surface area contributed by atoms with E-state index in [0.29, 0.717) is 35.5 Å². The van der Waals surface area contributed by atoms with E-state index < -0.39 is 0 Å². The van der Waals surface area contributed by atoms with Crippen molar-refractivity contribution < 1.29 is 9.53 Å². The third-order valence-corrected chi connectivity index (χ3v) is 2.62. The standard InChI is InChI=1S/C14H21ClN2O2/c1-4-7-19-13-6-5-11(8-12(13)15)17-14(18)16-9-10(2)3/h5-6,8,10H,4,7,9H2,1-3H3,(H2,16,17,18). The first-order valence-electron chi connectivity index (χ1n) is 6.50. The number of rotatable bonds is 6. The molecule has 5 heteroatoms. The molecule has 0 aliphatic heterocycles. The Hall–Kier alpha value is -1.42. The van der Waals surface area contributed by atoms with Gasteiger partial charge in [-0.05, 0) is 30.5 Å². The summed E-state index contributed by atoms with van der Waals surface area (Å²) in [4.78, 5) is 11.6. The van der Waals surface area contributed by atoms with Gasteiger partial charge in [-0.25, -0.2) is 4.79 Å². The summed E-state index contributed by atoms with van der Waals surface area (Å²) < 4.78 is 5.46. The summed E-state index contributed by atoms with van der Waals surface area (Å²) in [5.41, 5.74) is 0.648. The van der Waals surface area contributed by atoms with E-state index in [0.717, 1.165) is 6.42 Å². The lowest BCUT2D eigenvalue weighted by atomic mass is 10.2. The van der Waals surface area contributed by atoms with Gasteiger partial charge in [0.25, 0.3) is 0 Å². The number of carbonyl (C=O) groups excluding carboxylic acids is 1. The van der Waals surface area contributed by atoms with E-state index in [-0.39, 0.29) is 6.03 Å².